The summed E-state index contributed by atoms with van der Waals surface area (Å²) in [5.41, 5.74) is 1.95. The van der Waals surface area contributed by atoms with Gasteiger partial charge in [0.2, 0.25) is 0 Å². The molecule has 0 aliphatic heterocycles. The van der Waals surface area contributed by atoms with Gasteiger partial charge < -0.3 is 0 Å². The summed E-state index contributed by atoms with van der Waals surface area (Å²) in [6.45, 7) is 0. The second kappa shape index (κ2) is 3.23. The van der Waals surface area contributed by atoms with E-state index in [1.165, 1.54) is 6.08 Å². The number of nitrogens with zero attached hydrogens (tertiary/aromatic N) is 2. The maximum atomic E-state index is 10.1. The maximum Gasteiger partial charge on any atom is 0.142 e. The maximum absolute atomic E-state index is 10.1. The average molecular weight is 172 g/mol. The second-order valence-electron chi connectivity index (χ2n) is 2.63. The molecule has 64 valence electrons. The Morgan fingerprint density at radius 3 is 3.15 bits per heavy atom. The number of aldehydes is 1. The second-order valence-corrected chi connectivity index (χ2v) is 2.63. The fourth-order valence-electron chi connectivity index (χ4n) is 1.23. The molecule has 0 aliphatic rings. The molecule has 0 spiro atoms. The van der Waals surface area contributed by atoms with Crippen LogP contribution in [0, 0.1) is 0 Å². The largest absolute Gasteiger partial charge is 0.299 e. The SMILES string of the molecule is O=CC=Cc1cnn2ccccc12. The summed E-state index contributed by atoms with van der Waals surface area (Å²) in [4.78, 5) is 10.1. The van der Waals surface area contributed by atoms with E-state index >= 15 is 0 Å². The number of fused-ring (bicyclic) bond motifs is 1. The van der Waals surface area contributed by atoms with Gasteiger partial charge in [0.05, 0.1) is 11.7 Å². The van der Waals surface area contributed by atoms with E-state index < -0.39 is 0 Å². The standard InChI is InChI=1S/C10H8N2O/c13-7-3-4-9-8-11-12-6-2-1-5-10(9)12/h1-8H. The molecule has 0 aromatic carbocycles. The molecular weight excluding hydrogens is 164 g/mol. The summed E-state index contributed by atoms with van der Waals surface area (Å²) < 4.78 is 1.77. The van der Waals surface area contributed by atoms with Gasteiger partial charge in [-0.25, -0.2) is 4.52 Å². The van der Waals surface area contributed by atoms with Crippen LogP contribution in [0.15, 0.2) is 36.7 Å². The highest BCUT2D eigenvalue weighted by molar-refractivity contribution is 5.78. The average Bonchev–Trinajstić information content (AvgIpc) is 2.58. The van der Waals surface area contributed by atoms with E-state index in [1.54, 1.807) is 16.8 Å². The Labute approximate surface area is 75.3 Å². The molecular formula is C10H8N2O. The third-order valence-electron chi connectivity index (χ3n) is 1.81. The number of allylic oxidation sites excluding steroid dienone is 1. The van der Waals surface area contributed by atoms with Gasteiger partial charge in [-0.3, -0.25) is 4.79 Å². The Kier molecular flexibility index (Phi) is 1.92. The van der Waals surface area contributed by atoms with Gasteiger partial charge in [-0.15, -0.1) is 0 Å². The van der Waals surface area contributed by atoms with E-state index in [4.69, 9.17) is 0 Å². The van der Waals surface area contributed by atoms with Gasteiger partial charge in [-0.05, 0) is 24.3 Å². The predicted octanol–water partition coefficient (Wildman–Crippen LogP) is 1.55. The Morgan fingerprint density at radius 1 is 1.38 bits per heavy atom. The van der Waals surface area contributed by atoms with Crippen molar-refractivity contribution in [1.29, 1.82) is 0 Å². The number of carbonyl (C=O) groups is 1. The van der Waals surface area contributed by atoms with Crippen molar-refractivity contribution in [2.45, 2.75) is 0 Å². The van der Waals surface area contributed by atoms with Crippen molar-refractivity contribution in [3.63, 3.8) is 0 Å². The van der Waals surface area contributed by atoms with Crippen molar-refractivity contribution >= 4 is 17.9 Å². The first kappa shape index (κ1) is 7.73. The number of carbonyl (C=O) groups excluding carboxylic acids is 1. The van der Waals surface area contributed by atoms with Gasteiger partial charge in [-0.2, -0.15) is 5.10 Å². The third-order valence-corrected chi connectivity index (χ3v) is 1.81. The van der Waals surface area contributed by atoms with Crippen LogP contribution in [0.2, 0.25) is 0 Å². The molecule has 0 fully saturated rings. The van der Waals surface area contributed by atoms with Gasteiger partial charge in [-0.1, -0.05) is 6.07 Å². The van der Waals surface area contributed by atoms with Crippen LogP contribution in [0.1, 0.15) is 5.56 Å². The van der Waals surface area contributed by atoms with Crippen LogP contribution in [0.4, 0.5) is 0 Å². The number of aromatic nitrogens is 2. The van der Waals surface area contributed by atoms with Crippen molar-refractivity contribution in [3.8, 4) is 0 Å². The zero-order valence-electron chi connectivity index (χ0n) is 6.92. The molecule has 0 amide bonds. The van der Waals surface area contributed by atoms with Gasteiger partial charge in [0, 0.05) is 11.8 Å². The lowest BCUT2D eigenvalue weighted by atomic mass is 10.2. The molecule has 0 saturated carbocycles. The third kappa shape index (κ3) is 1.36. The quantitative estimate of drug-likeness (QED) is 0.508. The fourth-order valence-corrected chi connectivity index (χ4v) is 1.23. The number of hydrogen-bond acceptors (Lipinski definition) is 2. The summed E-state index contributed by atoms with van der Waals surface area (Å²) in [5, 5.41) is 4.12. The topological polar surface area (TPSA) is 34.4 Å². The Balaban J connectivity index is 2.57. The summed E-state index contributed by atoms with van der Waals surface area (Å²) >= 11 is 0. The van der Waals surface area contributed by atoms with Crippen LogP contribution < -0.4 is 0 Å². The van der Waals surface area contributed by atoms with E-state index in [9.17, 15) is 4.79 Å². The molecule has 3 nitrogen and oxygen atoms in total. The van der Waals surface area contributed by atoms with Gasteiger partial charge in [0.15, 0.2) is 0 Å². The molecule has 0 N–H and O–H groups in total. The Bertz CT molecular complexity index is 457. The summed E-state index contributed by atoms with van der Waals surface area (Å²) in [5.74, 6) is 0. The van der Waals surface area contributed by atoms with Crippen LogP contribution in [-0.2, 0) is 4.79 Å². The van der Waals surface area contributed by atoms with Crippen LogP contribution in [0.5, 0.6) is 0 Å². The molecule has 0 aliphatic carbocycles. The Morgan fingerprint density at radius 2 is 2.31 bits per heavy atom. The molecule has 0 atom stereocenters. The lowest BCUT2D eigenvalue weighted by Crippen LogP contribution is -1.82. The van der Waals surface area contributed by atoms with E-state index in [-0.39, 0.29) is 0 Å². The number of pyridine rings is 1. The van der Waals surface area contributed by atoms with Crippen LogP contribution in [0.25, 0.3) is 11.6 Å². The monoisotopic (exact) mass is 172 g/mol. The first-order chi connectivity index (χ1) is 6.42. The van der Waals surface area contributed by atoms with E-state index in [0.29, 0.717) is 0 Å². The van der Waals surface area contributed by atoms with Gasteiger partial charge in [0.1, 0.15) is 6.29 Å². The van der Waals surface area contributed by atoms with E-state index in [0.717, 1.165) is 17.4 Å². The zero-order valence-corrected chi connectivity index (χ0v) is 6.92. The normalized spacial score (nSPS) is 11.1. The molecule has 2 rings (SSSR count). The summed E-state index contributed by atoms with van der Waals surface area (Å²) in [7, 11) is 0. The van der Waals surface area contributed by atoms with Crippen LogP contribution in [0.3, 0.4) is 0 Å². The first-order valence-electron chi connectivity index (χ1n) is 3.96. The first-order valence-corrected chi connectivity index (χ1v) is 3.96. The highest BCUT2D eigenvalue weighted by atomic mass is 16.1. The van der Waals surface area contributed by atoms with Crippen molar-refractivity contribution < 1.29 is 4.79 Å². The van der Waals surface area contributed by atoms with Crippen LogP contribution in [-0.4, -0.2) is 15.9 Å². The molecule has 0 radical (unpaired) electrons. The van der Waals surface area contributed by atoms with Gasteiger partial charge in [0.25, 0.3) is 0 Å². The Hall–Kier alpha value is -1.90. The smallest absolute Gasteiger partial charge is 0.142 e. The molecule has 3 heteroatoms. The molecule has 2 aromatic rings. The minimum Gasteiger partial charge on any atom is -0.299 e. The molecule has 0 bridgehead atoms. The summed E-state index contributed by atoms with van der Waals surface area (Å²) in [6.07, 6.45) is 7.56. The van der Waals surface area contributed by atoms with Crippen molar-refractivity contribution in [2.75, 3.05) is 0 Å². The predicted molar refractivity (Wildman–Crippen MR) is 50.3 cm³/mol. The zero-order chi connectivity index (χ0) is 9.10. The molecule has 13 heavy (non-hydrogen) atoms. The van der Waals surface area contributed by atoms with E-state index in [2.05, 4.69) is 5.10 Å². The summed E-state index contributed by atoms with van der Waals surface area (Å²) in [6, 6.07) is 5.81. The van der Waals surface area contributed by atoms with Crippen molar-refractivity contribution in [2.24, 2.45) is 0 Å². The van der Waals surface area contributed by atoms with Crippen molar-refractivity contribution in [1.82, 2.24) is 9.61 Å². The molecule has 2 aromatic heterocycles. The van der Waals surface area contributed by atoms with Gasteiger partial charge >= 0.3 is 0 Å². The number of hydrogen-bond donors (Lipinski definition) is 0. The minimum atomic E-state index is 0.756. The van der Waals surface area contributed by atoms with Crippen LogP contribution >= 0.6 is 0 Å². The highest BCUT2D eigenvalue weighted by Gasteiger charge is 1.97. The van der Waals surface area contributed by atoms with E-state index in [1.807, 2.05) is 24.4 Å². The molecule has 0 saturated heterocycles. The minimum absolute atomic E-state index is 0.756. The highest BCUT2D eigenvalue weighted by Crippen LogP contribution is 2.10. The molecule has 2 heterocycles. The van der Waals surface area contributed by atoms with Crippen molar-refractivity contribution in [3.05, 3.63) is 42.2 Å². The lowest BCUT2D eigenvalue weighted by molar-refractivity contribution is -0.104. The number of rotatable bonds is 2. The molecule has 0 unspecified atom stereocenters. The fraction of sp³-hybridized carbons (Fsp3) is 0. The lowest BCUT2D eigenvalue weighted by Gasteiger charge is -1.90.